The molecule has 102 valence electrons. The summed E-state index contributed by atoms with van der Waals surface area (Å²) >= 11 is 0. The second-order valence-corrected chi connectivity index (χ2v) is 4.87. The first-order chi connectivity index (χ1) is 9.65. The molecule has 0 unspecified atom stereocenters. The predicted octanol–water partition coefficient (Wildman–Crippen LogP) is 2.70. The highest BCUT2D eigenvalue weighted by Crippen LogP contribution is 2.31. The van der Waals surface area contributed by atoms with Crippen molar-refractivity contribution in [1.29, 1.82) is 0 Å². The van der Waals surface area contributed by atoms with Gasteiger partial charge in [0.05, 0.1) is 0 Å². The van der Waals surface area contributed by atoms with E-state index >= 15 is 0 Å². The minimum absolute atomic E-state index is 0.0977. The smallest absolute Gasteiger partial charge is 0.211 e. The molecule has 0 N–H and O–H groups in total. The summed E-state index contributed by atoms with van der Waals surface area (Å²) in [5, 5.41) is 0. The van der Waals surface area contributed by atoms with Crippen molar-refractivity contribution < 1.29 is 14.3 Å². The van der Waals surface area contributed by atoms with Gasteiger partial charge in [-0.3, -0.25) is 9.78 Å². The third-order valence-electron chi connectivity index (χ3n) is 3.23. The molecule has 0 fully saturated rings. The molecule has 0 saturated heterocycles. The normalized spacial score (nSPS) is 13.1. The Morgan fingerprint density at radius 3 is 2.60 bits per heavy atom. The Morgan fingerprint density at radius 1 is 1.10 bits per heavy atom. The highest BCUT2D eigenvalue weighted by atomic mass is 16.6. The Bertz CT molecular complexity index is 679. The molecule has 0 aliphatic carbocycles. The van der Waals surface area contributed by atoms with Crippen molar-refractivity contribution in [3.63, 3.8) is 0 Å². The highest BCUT2D eigenvalue weighted by Gasteiger charge is 2.18. The van der Waals surface area contributed by atoms with Crippen LogP contribution in [0.15, 0.2) is 30.5 Å². The van der Waals surface area contributed by atoms with E-state index in [1.807, 2.05) is 19.9 Å². The molecule has 4 nitrogen and oxygen atoms in total. The molecule has 3 rings (SSSR count). The maximum atomic E-state index is 12.5. The molecule has 2 heterocycles. The zero-order valence-electron chi connectivity index (χ0n) is 11.5. The van der Waals surface area contributed by atoms with Crippen LogP contribution in [0.3, 0.4) is 0 Å². The van der Waals surface area contributed by atoms with Crippen LogP contribution in [-0.4, -0.2) is 24.0 Å². The van der Waals surface area contributed by atoms with Gasteiger partial charge in [0.25, 0.3) is 0 Å². The lowest BCUT2D eigenvalue weighted by Crippen LogP contribution is -2.16. The Labute approximate surface area is 117 Å². The van der Waals surface area contributed by atoms with Crippen LogP contribution in [0.25, 0.3) is 0 Å². The van der Waals surface area contributed by atoms with E-state index in [9.17, 15) is 4.79 Å². The minimum atomic E-state index is -0.0977. The summed E-state index contributed by atoms with van der Waals surface area (Å²) in [6.07, 6.45) is 1.71. The van der Waals surface area contributed by atoms with E-state index in [0.717, 1.165) is 11.1 Å². The second kappa shape index (κ2) is 4.96. The highest BCUT2D eigenvalue weighted by molar-refractivity contribution is 6.08. The molecule has 2 aromatic rings. The van der Waals surface area contributed by atoms with Crippen molar-refractivity contribution >= 4 is 5.78 Å². The van der Waals surface area contributed by atoms with Crippen LogP contribution in [0.1, 0.15) is 27.2 Å². The topological polar surface area (TPSA) is 48.4 Å². The molecule has 0 spiro atoms. The Kier molecular flexibility index (Phi) is 3.14. The van der Waals surface area contributed by atoms with Gasteiger partial charge in [-0.2, -0.15) is 0 Å². The first-order valence-electron chi connectivity index (χ1n) is 6.53. The number of hydrogen-bond acceptors (Lipinski definition) is 4. The number of rotatable bonds is 2. The van der Waals surface area contributed by atoms with Crippen molar-refractivity contribution in [1.82, 2.24) is 4.98 Å². The maximum Gasteiger partial charge on any atom is 0.211 e. The molecule has 0 radical (unpaired) electrons. The number of ether oxygens (including phenoxy) is 2. The fourth-order valence-electron chi connectivity index (χ4n) is 2.27. The zero-order valence-corrected chi connectivity index (χ0v) is 11.5. The number of benzene rings is 1. The molecule has 0 saturated carbocycles. The van der Waals surface area contributed by atoms with Crippen LogP contribution in [-0.2, 0) is 0 Å². The van der Waals surface area contributed by atoms with E-state index in [2.05, 4.69) is 4.98 Å². The number of carbonyl (C=O) groups is 1. The summed E-state index contributed by atoms with van der Waals surface area (Å²) in [7, 11) is 0. The molecule has 0 atom stereocenters. The number of fused-ring (bicyclic) bond motifs is 1. The molecule has 4 heteroatoms. The fraction of sp³-hybridized carbons (Fsp3) is 0.250. The van der Waals surface area contributed by atoms with E-state index in [1.165, 1.54) is 0 Å². The van der Waals surface area contributed by atoms with E-state index in [1.54, 1.807) is 24.4 Å². The van der Waals surface area contributed by atoms with Gasteiger partial charge in [0.2, 0.25) is 5.78 Å². The monoisotopic (exact) mass is 269 g/mol. The van der Waals surface area contributed by atoms with Crippen molar-refractivity contribution in [3.05, 3.63) is 52.8 Å². The summed E-state index contributed by atoms with van der Waals surface area (Å²) < 4.78 is 11.0. The summed E-state index contributed by atoms with van der Waals surface area (Å²) in [6.45, 7) is 4.90. The van der Waals surface area contributed by atoms with Gasteiger partial charge in [0.1, 0.15) is 18.9 Å². The number of ketones is 1. The van der Waals surface area contributed by atoms with Crippen molar-refractivity contribution in [2.45, 2.75) is 13.8 Å². The summed E-state index contributed by atoms with van der Waals surface area (Å²) in [4.78, 5) is 16.7. The molecular formula is C16H15NO3. The molecule has 0 amide bonds. The molecule has 1 aromatic carbocycles. The van der Waals surface area contributed by atoms with Gasteiger partial charge >= 0.3 is 0 Å². The molecule has 20 heavy (non-hydrogen) atoms. The summed E-state index contributed by atoms with van der Waals surface area (Å²) in [5.74, 6) is 1.20. The van der Waals surface area contributed by atoms with Crippen molar-refractivity contribution in [2.75, 3.05) is 13.2 Å². The fourth-order valence-corrected chi connectivity index (χ4v) is 2.27. The van der Waals surface area contributed by atoms with Gasteiger partial charge in [0.15, 0.2) is 11.5 Å². The number of carbonyl (C=O) groups excluding carboxylic acids is 1. The van der Waals surface area contributed by atoms with E-state index < -0.39 is 0 Å². The molecule has 0 bridgehead atoms. The van der Waals surface area contributed by atoms with Crippen LogP contribution in [0.4, 0.5) is 0 Å². The van der Waals surface area contributed by atoms with E-state index in [4.69, 9.17) is 9.47 Å². The summed E-state index contributed by atoms with van der Waals surface area (Å²) in [6, 6.07) is 7.19. The maximum absolute atomic E-state index is 12.5. The average molecular weight is 269 g/mol. The first kappa shape index (κ1) is 12.7. The number of pyridine rings is 1. The van der Waals surface area contributed by atoms with Crippen LogP contribution in [0.5, 0.6) is 11.5 Å². The average Bonchev–Trinajstić information content (AvgIpc) is 2.46. The van der Waals surface area contributed by atoms with Crippen LogP contribution in [0, 0.1) is 13.8 Å². The number of nitrogens with zero attached hydrogens (tertiary/aromatic N) is 1. The van der Waals surface area contributed by atoms with E-state index in [-0.39, 0.29) is 5.78 Å². The second-order valence-electron chi connectivity index (χ2n) is 4.87. The first-order valence-corrected chi connectivity index (χ1v) is 6.53. The number of aryl methyl sites for hydroxylation is 2. The minimum Gasteiger partial charge on any atom is -0.486 e. The summed E-state index contributed by atoms with van der Waals surface area (Å²) in [5.41, 5.74) is 2.96. The van der Waals surface area contributed by atoms with Crippen molar-refractivity contribution in [3.8, 4) is 11.5 Å². The quantitative estimate of drug-likeness (QED) is 0.786. The molecule has 1 aliphatic heterocycles. The lowest BCUT2D eigenvalue weighted by Gasteiger charge is -2.18. The Hall–Kier alpha value is -2.36. The van der Waals surface area contributed by atoms with Gasteiger partial charge in [-0.25, -0.2) is 0 Å². The van der Waals surface area contributed by atoms with Gasteiger partial charge in [-0.05, 0) is 43.2 Å². The van der Waals surface area contributed by atoms with Gasteiger partial charge in [-0.15, -0.1) is 0 Å². The Morgan fingerprint density at radius 2 is 1.85 bits per heavy atom. The number of aromatic nitrogens is 1. The Balaban J connectivity index is 1.98. The largest absolute Gasteiger partial charge is 0.486 e. The lowest BCUT2D eigenvalue weighted by molar-refractivity contribution is 0.103. The lowest BCUT2D eigenvalue weighted by atomic mass is 10.0. The third-order valence-corrected chi connectivity index (χ3v) is 3.23. The van der Waals surface area contributed by atoms with Crippen LogP contribution in [0.2, 0.25) is 0 Å². The third kappa shape index (κ3) is 2.25. The van der Waals surface area contributed by atoms with Gasteiger partial charge in [0, 0.05) is 11.8 Å². The predicted molar refractivity (Wildman–Crippen MR) is 74.6 cm³/mol. The number of hydrogen-bond donors (Lipinski definition) is 0. The zero-order chi connectivity index (χ0) is 14.1. The molecular weight excluding hydrogens is 254 g/mol. The van der Waals surface area contributed by atoms with E-state index in [0.29, 0.717) is 36.0 Å². The molecule has 1 aromatic heterocycles. The van der Waals surface area contributed by atoms with Gasteiger partial charge in [-0.1, -0.05) is 6.07 Å². The van der Waals surface area contributed by atoms with Crippen molar-refractivity contribution in [2.24, 2.45) is 0 Å². The van der Waals surface area contributed by atoms with Crippen LogP contribution < -0.4 is 9.47 Å². The standard InChI is InChI=1S/C16H15NO3/c1-10-7-11(2)15(17-9-10)16(18)12-3-4-13-14(8-12)20-6-5-19-13/h3-4,7-9H,5-6H2,1-2H3. The molecule has 1 aliphatic rings. The SMILES string of the molecule is Cc1cnc(C(=O)c2ccc3c(c2)OCCO3)c(C)c1. The van der Waals surface area contributed by atoms with Gasteiger partial charge < -0.3 is 9.47 Å². The van der Waals surface area contributed by atoms with Crippen LogP contribution >= 0.6 is 0 Å².